The molecular formula is C101H198. The Morgan fingerprint density at radius 2 is 0.188 bits per heavy atom. The predicted molar refractivity (Wildman–Crippen MR) is 466 cm³/mol. The Balaban J connectivity index is 2.04. The molecule has 0 spiro atoms. The first-order valence-corrected chi connectivity index (χ1v) is 49.7. The van der Waals surface area contributed by atoms with Gasteiger partial charge in [0.1, 0.15) is 0 Å². The van der Waals surface area contributed by atoms with Crippen molar-refractivity contribution in [2.24, 2.45) is 0 Å². The van der Waals surface area contributed by atoms with Crippen molar-refractivity contribution in [2.45, 2.75) is 623 Å². The van der Waals surface area contributed by atoms with E-state index in [0.29, 0.717) is 0 Å². The van der Waals surface area contributed by atoms with Crippen molar-refractivity contribution in [3.8, 4) is 0 Å². The second-order valence-electron chi connectivity index (χ2n) is 35.2. The van der Waals surface area contributed by atoms with Crippen molar-refractivity contribution < 1.29 is 0 Å². The fourth-order valence-electron chi connectivity index (χ4n) is 17.3. The van der Waals surface area contributed by atoms with Gasteiger partial charge in [-0.25, -0.2) is 0 Å². The van der Waals surface area contributed by atoms with Crippen LogP contribution in [0.3, 0.4) is 0 Å². The Hall–Kier alpha value is -0.520. The fourth-order valence-corrected chi connectivity index (χ4v) is 17.3. The van der Waals surface area contributed by atoms with E-state index in [-0.39, 0.29) is 0 Å². The van der Waals surface area contributed by atoms with E-state index in [4.69, 9.17) is 0 Å². The van der Waals surface area contributed by atoms with Crippen LogP contribution in [0.1, 0.15) is 623 Å². The Morgan fingerprint density at radius 1 is 0.109 bits per heavy atom. The monoisotopic (exact) mass is 1410 g/mol. The minimum Gasteiger partial charge on any atom is -0.0843 e. The third-order valence-corrected chi connectivity index (χ3v) is 24.7. The number of hydrogen-bond donors (Lipinski definition) is 0. The normalized spacial score (nSPS) is 23.7. The zero-order valence-electron chi connectivity index (χ0n) is 71.1. The van der Waals surface area contributed by atoms with Gasteiger partial charge in [0.15, 0.2) is 0 Å². The van der Waals surface area contributed by atoms with Crippen LogP contribution < -0.4 is 0 Å². The predicted octanol–water partition coefficient (Wildman–Crippen LogP) is 39.0. The summed E-state index contributed by atoms with van der Waals surface area (Å²) in [5.74, 6) is 0. The van der Waals surface area contributed by atoms with Crippen LogP contribution in [0.5, 0.6) is 0 Å². The van der Waals surface area contributed by atoms with Crippen LogP contribution in [0.15, 0.2) is 23.8 Å². The Bertz CT molecular complexity index is 1470. The Morgan fingerprint density at radius 3 is 0.287 bits per heavy atom. The van der Waals surface area contributed by atoms with E-state index < -0.39 is 0 Å². The first-order chi connectivity index (χ1) is 50.4. The zero-order valence-corrected chi connectivity index (χ0v) is 71.1. The summed E-state index contributed by atoms with van der Waals surface area (Å²) in [6.07, 6.45) is 150. The lowest BCUT2D eigenvalue weighted by Gasteiger charge is -2.05. The molecule has 0 aromatic rings. The SMILES string of the molecule is CC1=CCCCCCCCCCCCCCCCCCCCCCCCCCCCCCCCCCCCCCCCCCCCCCCCCCCCCCCCCCCCCCCCCCCCCCCCCCCCCCCCCCCCCCCCCCCCCCCCCC=C1. The average Bonchev–Trinajstić information content (AvgIpc) is 3.78. The summed E-state index contributed by atoms with van der Waals surface area (Å²) in [5.41, 5.74) is 1.49. The standard InChI is InChI=1S/C101H198/c1-101-99-97-95-93-91-89-87-85-83-81-79-77-75-73-71-69-67-65-63-61-59-57-55-53-51-49-47-45-43-41-39-37-35-33-31-29-27-25-23-21-19-17-15-13-11-9-7-5-3-2-4-6-8-10-12-14-16-18-20-22-24-26-28-30-32-34-36-38-40-42-44-46-48-50-52-54-56-58-60-62-64-66-68-70-72-74-76-78-80-82-84-86-88-90-92-94-96-98-100-101/h97,99-100H,2-96,98H2,1H3. The second kappa shape index (κ2) is 93.7. The topological polar surface area (TPSA) is 0 Å². The van der Waals surface area contributed by atoms with Crippen molar-refractivity contribution in [3.05, 3.63) is 23.8 Å². The first kappa shape index (κ1) is 98.5. The van der Waals surface area contributed by atoms with Gasteiger partial charge in [-0.15, -0.1) is 0 Å². The molecule has 0 N–H and O–H groups in total. The highest BCUT2D eigenvalue weighted by atomic mass is 14.1. The van der Waals surface area contributed by atoms with Crippen LogP contribution in [-0.4, -0.2) is 0 Å². The van der Waals surface area contributed by atoms with E-state index in [1.54, 1.807) is 0 Å². The first-order valence-electron chi connectivity index (χ1n) is 49.7. The highest BCUT2D eigenvalue weighted by molar-refractivity contribution is 5.15. The molecule has 1 aliphatic rings. The molecule has 0 saturated heterocycles. The zero-order chi connectivity index (χ0) is 71.6. The molecule has 0 aliphatic heterocycles. The van der Waals surface area contributed by atoms with Crippen molar-refractivity contribution in [1.29, 1.82) is 0 Å². The average molecular weight is 1410 g/mol. The van der Waals surface area contributed by atoms with Gasteiger partial charge in [-0.05, 0) is 32.6 Å². The molecule has 0 radical (unpaired) electrons. The summed E-state index contributed by atoms with van der Waals surface area (Å²) >= 11 is 0. The van der Waals surface area contributed by atoms with Crippen molar-refractivity contribution in [2.75, 3.05) is 0 Å². The van der Waals surface area contributed by atoms with Gasteiger partial charge in [-0.3, -0.25) is 0 Å². The molecule has 1 rings (SSSR count). The van der Waals surface area contributed by atoms with E-state index >= 15 is 0 Å². The number of rotatable bonds is 0. The largest absolute Gasteiger partial charge is 0.0843 e. The Kier molecular flexibility index (Phi) is 91.4. The fraction of sp³-hybridized carbons (Fsp3) is 0.960. The van der Waals surface area contributed by atoms with Gasteiger partial charge in [0, 0.05) is 0 Å². The smallest absolute Gasteiger partial charge is 0.0345 e. The van der Waals surface area contributed by atoms with Crippen LogP contribution in [-0.2, 0) is 0 Å². The van der Waals surface area contributed by atoms with Crippen molar-refractivity contribution >= 4 is 0 Å². The van der Waals surface area contributed by atoms with Gasteiger partial charge < -0.3 is 0 Å². The molecule has 0 aromatic carbocycles. The highest BCUT2D eigenvalue weighted by Crippen LogP contribution is 2.24. The molecule has 0 aromatic heterocycles. The quantitative estimate of drug-likeness (QED) is 0.227. The highest BCUT2D eigenvalue weighted by Gasteiger charge is 2.04. The summed E-state index contributed by atoms with van der Waals surface area (Å²) in [4.78, 5) is 0. The molecule has 1 aliphatic carbocycles. The number of hydrogen-bond acceptors (Lipinski definition) is 0. The molecule has 0 amide bonds. The molecule has 0 fully saturated rings. The van der Waals surface area contributed by atoms with Gasteiger partial charge in [0.25, 0.3) is 0 Å². The van der Waals surface area contributed by atoms with Gasteiger partial charge >= 0.3 is 0 Å². The van der Waals surface area contributed by atoms with Crippen LogP contribution in [0.25, 0.3) is 0 Å². The van der Waals surface area contributed by atoms with E-state index in [2.05, 4.69) is 25.2 Å². The third kappa shape index (κ3) is 91.8. The minimum absolute atomic E-state index is 1.27. The molecule has 0 nitrogen and oxygen atoms in total. The van der Waals surface area contributed by atoms with Gasteiger partial charge in [-0.2, -0.15) is 0 Å². The van der Waals surface area contributed by atoms with Crippen molar-refractivity contribution in [1.82, 2.24) is 0 Å². The van der Waals surface area contributed by atoms with E-state index in [1.165, 1.54) is 622 Å². The van der Waals surface area contributed by atoms with E-state index in [9.17, 15) is 0 Å². The summed E-state index contributed by atoms with van der Waals surface area (Å²) in [6.45, 7) is 2.32. The lowest BCUT2D eigenvalue weighted by atomic mass is 10.0. The summed E-state index contributed by atoms with van der Waals surface area (Å²) in [6, 6.07) is 0. The number of allylic oxidation sites excluding steroid dienone is 4. The molecular weight excluding hydrogens is 1210 g/mol. The summed E-state index contributed by atoms with van der Waals surface area (Å²) < 4.78 is 0. The van der Waals surface area contributed by atoms with Crippen LogP contribution in [0, 0.1) is 0 Å². The minimum atomic E-state index is 1.27. The summed E-state index contributed by atoms with van der Waals surface area (Å²) in [7, 11) is 0. The van der Waals surface area contributed by atoms with Crippen LogP contribution in [0.4, 0.5) is 0 Å². The van der Waals surface area contributed by atoms with E-state index in [1.807, 2.05) is 0 Å². The van der Waals surface area contributed by atoms with Crippen molar-refractivity contribution in [3.63, 3.8) is 0 Å². The maximum Gasteiger partial charge on any atom is -0.0345 e. The lowest BCUT2D eigenvalue weighted by molar-refractivity contribution is 0.505. The molecule has 0 bridgehead atoms. The third-order valence-electron chi connectivity index (χ3n) is 24.7. The molecule has 0 atom stereocenters. The maximum absolute atomic E-state index is 2.50. The molecule has 0 heterocycles. The van der Waals surface area contributed by atoms with Crippen LogP contribution in [0.2, 0.25) is 0 Å². The van der Waals surface area contributed by atoms with Gasteiger partial charge in [-0.1, -0.05) is 615 Å². The molecule has 0 heteroatoms. The molecule has 0 saturated carbocycles. The molecule has 602 valence electrons. The molecule has 101 heavy (non-hydrogen) atoms. The summed E-state index contributed by atoms with van der Waals surface area (Å²) in [5, 5.41) is 0. The second-order valence-corrected chi connectivity index (χ2v) is 35.2. The molecule has 0 unspecified atom stereocenters. The van der Waals surface area contributed by atoms with Gasteiger partial charge in [0.2, 0.25) is 0 Å². The maximum atomic E-state index is 2.50. The lowest BCUT2D eigenvalue weighted by Crippen LogP contribution is -1.85. The van der Waals surface area contributed by atoms with Gasteiger partial charge in [0.05, 0.1) is 0 Å². The van der Waals surface area contributed by atoms with E-state index in [0.717, 1.165) is 0 Å². The van der Waals surface area contributed by atoms with Crippen LogP contribution >= 0.6 is 0 Å². The Labute approximate surface area is 643 Å².